The van der Waals surface area contributed by atoms with Crippen LogP contribution >= 0.6 is 0 Å². The molecule has 4 heteroatoms. The van der Waals surface area contributed by atoms with Crippen molar-refractivity contribution in [3.8, 4) is 0 Å². The van der Waals surface area contributed by atoms with E-state index in [0.29, 0.717) is 11.3 Å². The van der Waals surface area contributed by atoms with E-state index in [1.807, 2.05) is 19.1 Å². The van der Waals surface area contributed by atoms with Gasteiger partial charge in [0, 0.05) is 6.04 Å². The van der Waals surface area contributed by atoms with Crippen molar-refractivity contribution in [1.82, 2.24) is 0 Å². The molecule has 0 saturated heterocycles. The highest BCUT2D eigenvalue weighted by Crippen LogP contribution is 2.33. The summed E-state index contributed by atoms with van der Waals surface area (Å²) >= 11 is 0. The van der Waals surface area contributed by atoms with Gasteiger partial charge in [-0.1, -0.05) is 12.1 Å². The molecule has 3 nitrogen and oxygen atoms in total. The zero-order valence-corrected chi connectivity index (χ0v) is 10.4. The van der Waals surface area contributed by atoms with Gasteiger partial charge >= 0.3 is 0 Å². The summed E-state index contributed by atoms with van der Waals surface area (Å²) in [6.45, 7) is 3.71. The molecule has 0 aliphatic carbocycles. The summed E-state index contributed by atoms with van der Waals surface area (Å²) in [7, 11) is -3.08. The normalized spacial score (nSPS) is 24.1. The predicted octanol–water partition coefficient (Wildman–Crippen LogP) is 1.29. The molecule has 0 spiro atoms. The third-order valence-corrected chi connectivity index (χ3v) is 5.32. The monoisotopic (exact) mass is 239 g/mol. The second-order valence-electron chi connectivity index (χ2n) is 4.63. The Morgan fingerprint density at radius 3 is 2.81 bits per heavy atom. The van der Waals surface area contributed by atoms with Gasteiger partial charge in [-0.2, -0.15) is 0 Å². The van der Waals surface area contributed by atoms with Gasteiger partial charge in [0.25, 0.3) is 0 Å². The molecule has 2 atom stereocenters. The molecule has 1 aromatic rings. The Morgan fingerprint density at radius 1 is 1.50 bits per heavy atom. The van der Waals surface area contributed by atoms with E-state index in [1.165, 1.54) is 0 Å². The van der Waals surface area contributed by atoms with E-state index >= 15 is 0 Å². The highest BCUT2D eigenvalue weighted by Gasteiger charge is 2.34. The molecule has 0 saturated carbocycles. The number of hydrogen-bond donors (Lipinski definition) is 1. The highest BCUT2D eigenvalue weighted by atomic mass is 32.2. The van der Waals surface area contributed by atoms with E-state index < -0.39 is 9.84 Å². The summed E-state index contributed by atoms with van der Waals surface area (Å²) in [6, 6.07) is 5.56. The van der Waals surface area contributed by atoms with Crippen molar-refractivity contribution in [1.29, 1.82) is 0 Å². The Bertz CT molecular complexity index is 506. The van der Waals surface area contributed by atoms with E-state index in [9.17, 15) is 8.42 Å². The van der Waals surface area contributed by atoms with Gasteiger partial charge in [0.1, 0.15) is 0 Å². The Balaban J connectivity index is 2.53. The van der Waals surface area contributed by atoms with Gasteiger partial charge < -0.3 is 5.73 Å². The number of benzene rings is 1. The summed E-state index contributed by atoms with van der Waals surface area (Å²) in [4.78, 5) is 0.512. The molecule has 2 N–H and O–H groups in total. The molecule has 2 rings (SSSR count). The van der Waals surface area contributed by atoms with Gasteiger partial charge in [-0.3, -0.25) is 0 Å². The summed E-state index contributed by atoms with van der Waals surface area (Å²) < 4.78 is 24.0. The fraction of sp³-hybridized carbons (Fsp3) is 0.500. The second kappa shape index (κ2) is 3.86. The standard InChI is InChI=1S/C12H17NO2S/c1-8(13)6-10-4-3-5-12-11(10)7-9(2)16(12,14)15/h3-5,8-9H,6-7,13H2,1-2H3. The highest BCUT2D eigenvalue weighted by molar-refractivity contribution is 7.92. The minimum Gasteiger partial charge on any atom is -0.328 e. The third kappa shape index (κ3) is 1.76. The Hall–Kier alpha value is -0.870. The number of rotatable bonds is 2. The zero-order valence-electron chi connectivity index (χ0n) is 9.60. The summed E-state index contributed by atoms with van der Waals surface area (Å²) in [6.07, 6.45) is 1.37. The maximum Gasteiger partial charge on any atom is 0.181 e. The summed E-state index contributed by atoms with van der Waals surface area (Å²) in [5, 5.41) is -0.295. The van der Waals surface area contributed by atoms with Gasteiger partial charge in [0.05, 0.1) is 10.1 Å². The van der Waals surface area contributed by atoms with Crippen LogP contribution in [0, 0.1) is 0 Å². The van der Waals surface area contributed by atoms with Gasteiger partial charge in [0.15, 0.2) is 9.84 Å². The predicted molar refractivity (Wildman–Crippen MR) is 64.1 cm³/mol. The molecule has 1 aliphatic rings. The van der Waals surface area contributed by atoms with Gasteiger partial charge in [-0.15, -0.1) is 0 Å². The number of fused-ring (bicyclic) bond motifs is 1. The first-order valence-electron chi connectivity index (χ1n) is 5.53. The van der Waals surface area contributed by atoms with Crippen LogP contribution in [0.15, 0.2) is 23.1 Å². The number of sulfone groups is 1. The summed E-state index contributed by atoms with van der Waals surface area (Å²) in [5.41, 5.74) is 7.83. The van der Waals surface area contributed by atoms with Crippen LogP contribution in [0.1, 0.15) is 25.0 Å². The van der Waals surface area contributed by atoms with Crippen LogP contribution in [0.2, 0.25) is 0 Å². The largest absolute Gasteiger partial charge is 0.328 e. The second-order valence-corrected chi connectivity index (χ2v) is 6.97. The van der Waals surface area contributed by atoms with Crippen LogP contribution in [-0.2, 0) is 22.7 Å². The van der Waals surface area contributed by atoms with E-state index in [-0.39, 0.29) is 11.3 Å². The fourth-order valence-electron chi connectivity index (χ4n) is 2.26. The Kier molecular flexibility index (Phi) is 2.80. The van der Waals surface area contributed by atoms with Crippen LogP contribution in [0.5, 0.6) is 0 Å². The first-order chi connectivity index (χ1) is 7.43. The lowest BCUT2D eigenvalue weighted by molar-refractivity contribution is 0.590. The van der Waals surface area contributed by atoms with Crippen LogP contribution in [-0.4, -0.2) is 19.7 Å². The van der Waals surface area contributed by atoms with Crippen LogP contribution in [0.4, 0.5) is 0 Å². The lowest BCUT2D eigenvalue weighted by Gasteiger charge is -2.09. The maximum atomic E-state index is 12.0. The maximum absolute atomic E-state index is 12.0. The van der Waals surface area contributed by atoms with Gasteiger partial charge in [-0.05, 0) is 43.9 Å². The molecule has 0 aromatic heterocycles. The first kappa shape index (κ1) is 11.6. The molecular weight excluding hydrogens is 222 g/mol. The molecule has 1 heterocycles. The average Bonchev–Trinajstić information content (AvgIpc) is 2.40. The molecule has 0 fully saturated rings. The molecule has 1 aliphatic heterocycles. The molecular formula is C12H17NO2S. The lowest BCUT2D eigenvalue weighted by atomic mass is 9.98. The molecule has 2 unspecified atom stereocenters. The number of hydrogen-bond acceptors (Lipinski definition) is 3. The Labute approximate surface area is 96.6 Å². The van der Waals surface area contributed by atoms with Crippen LogP contribution in [0.25, 0.3) is 0 Å². The SMILES string of the molecule is CC(N)Cc1cccc2c1CC(C)S2(=O)=O. The van der Waals surface area contributed by atoms with Crippen LogP contribution < -0.4 is 5.73 Å². The molecule has 0 bridgehead atoms. The minimum absolute atomic E-state index is 0.0603. The van der Waals surface area contributed by atoms with Crippen molar-refractivity contribution < 1.29 is 8.42 Å². The van der Waals surface area contributed by atoms with E-state index in [0.717, 1.165) is 17.5 Å². The Morgan fingerprint density at radius 2 is 2.19 bits per heavy atom. The molecule has 0 amide bonds. The van der Waals surface area contributed by atoms with E-state index in [1.54, 1.807) is 13.0 Å². The topological polar surface area (TPSA) is 60.2 Å². The molecule has 1 aromatic carbocycles. The van der Waals surface area contributed by atoms with Crippen molar-refractivity contribution in [2.45, 2.75) is 42.9 Å². The lowest BCUT2D eigenvalue weighted by Crippen LogP contribution is -2.18. The fourth-order valence-corrected chi connectivity index (χ4v) is 3.91. The van der Waals surface area contributed by atoms with E-state index in [2.05, 4.69) is 0 Å². The van der Waals surface area contributed by atoms with Gasteiger partial charge in [0.2, 0.25) is 0 Å². The van der Waals surface area contributed by atoms with Gasteiger partial charge in [-0.25, -0.2) is 8.42 Å². The average molecular weight is 239 g/mol. The molecule has 88 valence electrons. The number of nitrogens with two attached hydrogens (primary N) is 1. The molecule has 0 radical (unpaired) electrons. The minimum atomic E-state index is -3.08. The molecule has 16 heavy (non-hydrogen) atoms. The smallest absolute Gasteiger partial charge is 0.181 e. The third-order valence-electron chi connectivity index (χ3n) is 3.10. The van der Waals surface area contributed by atoms with Crippen molar-refractivity contribution in [2.24, 2.45) is 5.73 Å². The van der Waals surface area contributed by atoms with E-state index in [4.69, 9.17) is 5.73 Å². The van der Waals surface area contributed by atoms with Crippen molar-refractivity contribution in [3.63, 3.8) is 0 Å². The van der Waals surface area contributed by atoms with Crippen molar-refractivity contribution >= 4 is 9.84 Å². The van der Waals surface area contributed by atoms with Crippen LogP contribution in [0.3, 0.4) is 0 Å². The zero-order chi connectivity index (χ0) is 11.9. The van der Waals surface area contributed by atoms with Crippen molar-refractivity contribution in [2.75, 3.05) is 0 Å². The first-order valence-corrected chi connectivity index (χ1v) is 7.08. The summed E-state index contributed by atoms with van der Waals surface area (Å²) in [5.74, 6) is 0. The van der Waals surface area contributed by atoms with Crippen molar-refractivity contribution in [3.05, 3.63) is 29.3 Å². The quantitative estimate of drug-likeness (QED) is 0.846.